The van der Waals surface area contributed by atoms with Gasteiger partial charge in [-0.3, -0.25) is 4.79 Å². The molecule has 3 rings (SSSR count). The fourth-order valence-electron chi connectivity index (χ4n) is 2.68. The number of thiophene rings is 1. The van der Waals surface area contributed by atoms with Crippen molar-refractivity contribution in [1.29, 1.82) is 0 Å². The highest BCUT2D eigenvalue weighted by atomic mass is 35.5. The molecule has 5 heteroatoms. The molecule has 106 valence electrons. The third kappa shape index (κ3) is 2.27. The Labute approximate surface area is 127 Å². The van der Waals surface area contributed by atoms with E-state index in [2.05, 4.69) is 13.8 Å². The molecule has 2 N–H and O–H groups in total. The van der Waals surface area contributed by atoms with Gasteiger partial charge in [0.25, 0.3) is 5.91 Å². The van der Waals surface area contributed by atoms with Crippen LogP contribution in [0.1, 0.15) is 29.9 Å². The number of halogens is 1. The first-order chi connectivity index (χ1) is 9.37. The van der Waals surface area contributed by atoms with Crippen molar-refractivity contribution in [2.75, 3.05) is 18.8 Å². The van der Waals surface area contributed by atoms with E-state index in [1.807, 2.05) is 17.0 Å². The number of benzene rings is 1. The molecular weight excluding hydrogens is 292 g/mol. The molecule has 20 heavy (non-hydrogen) atoms. The van der Waals surface area contributed by atoms with Gasteiger partial charge in [0.15, 0.2) is 0 Å². The van der Waals surface area contributed by atoms with Crippen molar-refractivity contribution in [2.45, 2.75) is 20.3 Å². The summed E-state index contributed by atoms with van der Waals surface area (Å²) in [5.41, 5.74) is 6.92. The van der Waals surface area contributed by atoms with Crippen LogP contribution in [-0.4, -0.2) is 23.9 Å². The second kappa shape index (κ2) is 4.64. The number of hydrogen-bond acceptors (Lipinski definition) is 3. The molecule has 2 aromatic rings. The van der Waals surface area contributed by atoms with Crippen LogP contribution < -0.4 is 5.73 Å². The first kappa shape index (κ1) is 13.7. The zero-order valence-electron chi connectivity index (χ0n) is 11.6. The molecule has 3 nitrogen and oxygen atoms in total. The Morgan fingerprint density at radius 2 is 2.20 bits per heavy atom. The third-order valence-electron chi connectivity index (χ3n) is 3.85. The van der Waals surface area contributed by atoms with Gasteiger partial charge >= 0.3 is 0 Å². The number of anilines is 1. The highest BCUT2D eigenvalue weighted by Crippen LogP contribution is 2.37. The molecular formula is C15H17ClN2OS. The Balaban J connectivity index is 1.98. The van der Waals surface area contributed by atoms with Gasteiger partial charge in [-0.05, 0) is 30.0 Å². The SMILES string of the molecule is CC1(C)CCN(C(=O)c2sc3cc(Cl)ccc3c2N)C1. The van der Waals surface area contributed by atoms with Gasteiger partial charge in [0, 0.05) is 28.2 Å². The average molecular weight is 309 g/mol. The predicted octanol–water partition coefficient (Wildman–Crippen LogP) is 4.01. The van der Waals surface area contributed by atoms with E-state index in [0.29, 0.717) is 15.6 Å². The van der Waals surface area contributed by atoms with Gasteiger partial charge < -0.3 is 10.6 Å². The molecule has 0 aliphatic carbocycles. The molecule has 0 saturated carbocycles. The monoisotopic (exact) mass is 308 g/mol. The largest absolute Gasteiger partial charge is 0.397 e. The van der Waals surface area contributed by atoms with E-state index in [0.717, 1.165) is 29.6 Å². The van der Waals surface area contributed by atoms with Crippen molar-refractivity contribution in [2.24, 2.45) is 5.41 Å². The fourth-order valence-corrected chi connectivity index (χ4v) is 4.05. The van der Waals surface area contributed by atoms with Gasteiger partial charge in [-0.15, -0.1) is 11.3 Å². The van der Waals surface area contributed by atoms with Crippen molar-refractivity contribution in [3.05, 3.63) is 28.1 Å². The van der Waals surface area contributed by atoms with E-state index in [1.54, 1.807) is 6.07 Å². The maximum atomic E-state index is 12.6. The summed E-state index contributed by atoms with van der Waals surface area (Å²) in [5, 5.41) is 1.58. The predicted molar refractivity (Wildman–Crippen MR) is 85.5 cm³/mol. The van der Waals surface area contributed by atoms with Gasteiger partial charge in [-0.25, -0.2) is 0 Å². The number of nitrogens with zero attached hydrogens (tertiary/aromatic N) is 1. The van der Waals surface area contributed by atoms with Crippen molar-refractivity contribution >= 4 is 44.6 Å². The summed E-state index contributed by atoms with van der Waals surface area (Å²) in [6, 6.07) is 5.55. The number of fused-ring (bicyclic) bond motifs is 1. The van der Waals surface area contributed by atoms with Crippen molar-refractivity contribution < 1.29 is 4.79 Å². The lowest BCUT2D eigenvalue weighted by Gasteiger charge is -2.19. The summed E-state index contributed by atoms with van der Waals surface area (Å²) < 4.78 is 0.969. The smallest absolute Gasteiger partial charge is 0.266 e. The van der Waals surface area contributed by atoms with Gasteiger partial charge in [0.2, 0.25) is 0 Å². The van der Waals surface area contributed by atoms with Crippen LogP contribution >= 0.6 is 22.9 Å². The molecule has 2 heterocycles. The summed E-state index contributed by atoms with van der Waals surface area (Å²) in [6.45, 7) is 5.98. The molecule has 1 amide bonds. The van der Waals surface area contributed by atoms with Gasteiger partial charge in [0.05, 0.1) is 5.69 Å². The average Bonchev–Trinajstić information content (AvgIpc) is 2.89. The summed E-state index contributed by atoms with van der Waals surface area (Å²) in [6.07, 6.45) is 1.04. The minimum atomic E-state index is 0.0467. The number of nitrogens with two attached hydrogens (primary N) is 1. The van der Waals surface area contributed by atoms with Crippen LogP contribution in [0, 0.1) is 5.41 Å². The minimum Gasteiger partial charge on any atom is -0.397 e. The van der Waals surface area contributed by atoms with Gasteiger partial charge in [0.1, 0.15) is 4.88 Å². The lowest BCUT2D eigenvalue weighted by molar-refractivity contribution is 0.0784. The standard InChI is InChI=1S/C15H17ClN2OS/c1-15(2)5-6-18(8-15)14(19)13-12(17)10-4-3-9(16)7-11(10)20-13/h3-4,7H,5-6,8,17H2,1-2H3. The highest BCUT2D eigenvalue weighted by molar-refractivity contribution is 7.21. The van der Waals surface area contributed by atoms with E-state index in [4.69, 9.17) is 17.3 Å². The maximum Gasteiger partial charge on any atom is 0.266 e. The number of amides is 1. The number of carbonyl (C=O) groups excluding carboxylic acids is 1. The summed E-state index contributed by atoms with van der Waals surface area (Å²) in [5.74, 6) is 0.0467. The zero-order valence-corrected chi connectivity index (χ0v) is 13.1. The van der Waals surface area contributed by atoms with Crippen LogP contribution in [0.4, 0.5) is 5.69 Å². The minimum absolute atomic E-state index is 0.0467. The lowest BCUT2D eigenvalue weighted by atomic mass is 9.93. The lowest BCUT2D eigenvalue weighted by Crippen LogP contribution is -2.30. The number of nitrogen functional groups attached to an aromatic ring is 1. The van der Waals surface area contributed by atoms with Crippen LogP contribution in [0.3, 0.4) is 0 Å². The molecule has 0 bridgehead atoms. The van der Waals surface area contributed by atoms with E-state index in [1.165, 1.54) is 11.3 Å². The number of likely N-dealkylation sites (tertiary alicyclic amines) is 1. The van der Waals surface area contributed by atoms with Gasteiger partial charge in [-0.1, -0.05) is 25.4 Å². The Kier molecular flexibility index (Phi) is 3.18. The normalized spacial score (nSPS) is 17.9. The second-order valence-corrected chi connectivity index (χ2v) is 7.61. The number of carbonyl (C=O) groups is 1. The summed E-state index contributed by atoms with van der Waals surface area (Å²) in [7, 11) is 0. The van der Waals surface area contributed by atoms with E-state index >= 15 is 0 Å². The quantitative estimate of drug-likeness (QED) is 0.865. The molecule has 1 aliphatic rings. The van der Waals surface area contributed by atoms with Crippen LogP contribution in [0.5, 0.6) is 0 Å². The van der Waals surface area contributed by atoms with Gasteiger partial charge in [-0.2, -0.15) is 0 Å². The summed E-state index contributed by atoms with van der Waals surface area (Å²) in [4.78, 5) is 15.2. The topological polar surface area (TPSA) is 46.3 Å². The molecule has 0 radical (unpaired) electrons. The molecule has 0 spiro atoms. The highest BCUT2D eigenvalue weighted by Gasteiger charge is 2.33. The van der Waals surface area contributed by atoms with Crippen LogP contribution in [0.2, 0.25) is 5.02 Å². The Hall–Kier alpha value is -1.26. The first-order valence-corrected chi connectivity index (χ1v) is 7.84. The number of hydrogen-bond donors (Lipinski definition) is 1. The van der Waals surface area contributed by atoms with Crippen LogP contribution in [0.25, 0.3) is 10.1 Å². The molecule has 1 fully saturated rings. The second-order valence-electron chi connectivity index (χ2n) is 6.13. The molecule has 1 saturated heterocycles. The zero-order chi connectivity index (χ0) is 14.5. The van der Waals surface area contributed by atoms with E-state index in [9.17, 15) is 4.79 Å². The molecule has 0 atom stereocenters. The van der Waals surface area contributed by atoms with E-state index in [-0.39, 0.29) is 11.3 Å². The Morgan fingerprint density at radius 1 is 1.45 bits per heavy atom. The first-order valence-electron chi connectivity index (χ1n) is 6.64. The molecule has 1 aromatic carbocycles. The van der Waals surface area contributed by atoms with Crippen molar-refractivity contribution in [3.63, 3.8) is 0 Å². The maximum absolute atomic E-state index is 12.6. The van der Waals surface area contributed by atoms with Crippen LogP contribution in [-0.2, 0) is 0 Å². The van der Waals surface area contributed by atoms with Crippen molar-refractivity contribution in [3.8, 4) is 0 Å². The Morgan fingerprint density at radius 3 is 2.85 bits per heavy atom. The summed E-state index contributed by atoms with van der Waals surface area (Å²) >= 11 is 7.43. The Bertz CT molecular complexity index is 692. The molecule has 1 aliphatic heterocycles. The molecule has 0 unspecified atom stereocenters. The van der Waals surface area contributed by atoms with Crippen molar-refractivity contribution in [1.82, 2.24) is 4.90 Å². The molecule has 1 aromatic heterocycles. The third-order valence-corrected chi connectivity index (χ3v) is 5.24. The fraction of sp³-hybridized carbons (Fsp3) is 0.400. The number of rotatable bonds is 1. The van der Waals surface area contributed by atoms with Crippen LogP contribution in [0.15, 0.2) is 18.2 Å². The van der Waals surface area contributed by atoms with E-state index < -0.39 is 0 Å².